The minimum atomic E-state index is -3.81. The lowest BCUT2D eigenvalue weighted by molar-refractivity contribution is -0.140. The third-order valence-corrected chi connectivity index (χ3v) is 7.58. The summed E-state index contributed by atoms with van der Waals surface area (Å²) in [5, 5.41) is 2.79. The zero-order valence-corrected chi connectivity index (χ0v) is 21.4. The van der Waals surface area contributed by atoms with E-state index >= 15 is 0 Å². The first-order chi connectivity index (χ1) is 16.7. The van der Waals surface area contributed by atoms with Crippen molar-refractivity contribution < 1.29 is 27.5 Å². The summed E-state index contributed by atoms with van der Waals surface area (Å²) in [4.78, 5) is 28.0. The van der Waals surface area contributed by atoms with E-state index in [1.807, 2.05) is 45.0 Å². The van der Waals surface area contributed by atoms with Gasteiger partial charge in [0.05, 0.1) is 11.4 Å². The fraction of sp³-hybridized carbons (Fsp3) is 0.440. The predicted octanol–water partition coefficient (Wildman–Crippen LogP) is 2.82. The van der Waals surface area contributed by atoms with E-state index in [0.717, 1.165) is 15.4 Å². The van der Waals surface area contributed by atoms with E-state index in [9.17, 15) is 18.0 Å². The highest BCUT2D eigenvalue weighted by atomic mass is 32.2. The maximum Gasteiger partial charge on any atom is 0.244 e. The molecule has 0 saturated heterocycles. The second-order valence-electron chi connectivity index (χ2n) is 8.27. The van der Waals surface area contributed by atoms with E-state index < -0.39 is 28.5 Å². The topological polar surface area (TPSA) is 105 Å². The standard InChI is InChI=1S/C25H33N3O6S/c1-5-21(25(30)26-6-2)27(15-19-10-8-18(4)9-11-19)24(29)16-28(35(31,32)7-3)20-12-13-22-23(14-20)34-17-33-22/h8-14,21H,5-7,15-17H2,1-4H3,(H,26,30). The molecule has 2 aromatic rings. The predicted molar refractivity (Wildman–Crippen MR) is 134 cm³/mol. The van der Waals surface area contributed by atoms with Crippen LogP contribution in [0.1, 0.15) is 38.3 Å². The number of fused-ring (bicyclic) bond motifs is 1. The molecule has 10 heteroatoms. The van der Waals surface area contributed by atoms with Crippen LogP contribution in [0.3, 0.4) is 0 Å². The van der Waals surface area contributed by atoms with Crippen LogP contribution in [0.15, 0.2) is 42.5 Å². The lowest BCUT2D eigenvalue weighted by Crippen LogP contribution is -2.52. The molecule has 0 aliphatic carbocycles. The van der Waals surface area contributed by atoms with Crippen LogP contribution < -0.4 is 19.1 Å². The van der Waals surface area contributed by atoms with Crippen molar-refractivity contribution in [3.63, 3.8) is 0 Å². The number of carbonyl (C=O) groups is 2. The fourth-order valence-electron chi connectivity index (χ4n) is 3.86. The molecule has 0 radical (unpaired) electrons. The Morgan fingerprint density at radius 2 is 1.71 bits per heavy atom. The molecule has 190 valence electrons. The highest BCUT2D eigenvalue weighted by molar-refractivity contribution is 7.92. The maximum atomic E-state index is 13.7. The lowest BCUT2D eigenvalue weighted by Gasteiger charge is -2.33. The molecule has 2 amide bonds. The van der Waals surface area contributed by atoms with Gasteiger partial charge in [-0.05, 0) is 44.9 Å². The summed E-state index contributed by atoms with van der Waals surface area (Å²) in [7, 11) is -3.81. The van der Waals surface area contributed by atoms with Crippen LogP contribution in [0.5, 0.6) is 11.5 Å². The van der Waals surface area contributed by atoms with Gasteiger partial charge in [0.2, 0.25) is 28.6 Å². The molecular formula is C25H33N3O6S. The van der Waals surface area contributed by atoms with Crippen molar-refractivity contribution in [2.24, 2.45) is 0 Å². The average molecular weight is 504 g/mol. The number of hydrogen-bond donors (Lipinski definition) is 1. The lowest BCUT2D eigenvalue weighted by atomic mass is 10.1. The number of rotatable bonds is 11. The molecule has 35 heavy (non-hydrogen) atoms. The van der Waals surface area contributed by atoms with Crippen molar-refractivity contribution in [3.05, 3.63) is 53.6 Å². The van der Waals surface area contributed by atoms with Gasteiger partial charge >= 0.3 is 0 Å². The van der Waals surface area contributed by atoms with Crippen LogP contribution in [-0.4, -0.2) is 56.8 Å². The third kappa shape index (κ3) is 6.25. The number of sulfonamides is 1. The van der Waals surface area contributed by atoms with Crippen molar-refractivity contribution >= 4 is 27.5 Å². The third-order valence-electron chi connectivity index (χ3n) is 5.83. The molecule has 0 spiro atoms. The van der Waals surface area contributed by atoms with Crippen molar-refractivity contribution in [2.45, 2.75) is 46.7 Å². The molecular weight excluding hydrogens is 470 g/mol. The summed E-state index contributed by atoms with van der Waals surface area (Å²) in [6, 6.07) is 11.7. The summed E-state index contributed by atoms with van der Waals surface area (Å²) < 4.78 is 37.9. The molecule has 9 nitrogen and oxygen atoms in total. The van der Waals surface area contributed by atoms with Gasteiger partial charge in [-0.1, -0.05) is 36.8 Å². The number of ether oxygens (including phenoxy) is 2. The van der Waals surface area contributed by atoms with Gasteiger partial charge in [-0.2, -0.15) is 0 Å². The molecule has 1 N–H and O–H groups in total. The van der Waals surface area contributed by atoms with E-state index in [0.29, 0.717) is 30.2 Å². The van der Waals surface area contributed by atoms with Crippen LogP contribution in [0, 0.1) is 6.92 Å². The Morgan fingerprint density at radius 1 is 1.03 bits per heavy atom. The molecule has 1 aliphatic heterocycles. The van der Waals surface area contributed by atoms with E-state index in [4.69, 9.17) is 9.47 Å². The largest absolute Gasteiger partial charge is 0.454 e. The van der Waals surface area contributed by atoms with E-state index in [-0.39, 0.29) is 25.0 Å². The Labute approximate surface area is 207 Å². The quantitative estimate of drug-likeness (QED) is 0.506. The molecule has 3 rings (SSSR count). The minimum absolute atomic E-state index is 0.0489. The van der Waals surface area contributed by atoms with Gasteiger partial charge in [-0.15, -0.1) is 0 Å². The summed E-state index contributed by atoms with van der Waals surface area (Å²) in [5.74, 6) is -0.0178. The molecule has 0 saturated carbocycles. The van der Waals surface area contributed by atoms with E-state index in [1.54, 1.807) is 18.2 Å². The zero-order valence-electron chi connectivity index (χ0n) is 20.6. The number of amides is 2. The molecule has 1 aliphatic rings. The van der Waals surface area contributed by atoms with Crippen LogP contribution >= 0.6 is 0 Å². The van der Waals surface area contributed by atoms with Gasteiger partial charge in [0.15, 0.2) is 11.5 Å². The fourth-order valence-corrected chi connectivity index (χ4v) is 4.92. The van der Waals surface area contributed by atoms with Crippen LogP contribution in [0.25, 0.3) is 0 Å². The maximum absolute atomic E-state index is 13.7. The molecule has 0 fully saturated rings. The molecule has 0 bridgehead atoms. The van der Waals surface area contributed by atoms with Crippen LogP contribution in [-0.2, 0) is 26.2 Å². The number of benzene rings is 2. The number of anilines is 1. The number of likely N-dealkylation sites (N-methyl/N-ethyl adjacent to an activating group) is 1. The normalized spacial score (nSPS) is 13.3. The molecule has 1 unspecified atom stereocenters. The van der Waals surface area contributed by atoms with Crippen molar-refractivity contribution in [1.29, 1.82) is 0 Å². The summed E-state index contributed by atoms with van der Waals surface area (Å²) >= 11 is 0. The van der Waals surface area contributed by atoms with Crippen molar-refractivity contribution in [1.82, 2.24) is 10.2 Å². The summed E-state index contributed by atoms with van der Waals surface area (Å²) in [6.45, 7) is 7.33. The number of carbonyl (C=O) groups excluding carboxylic acids is 2. The zero-order chi connectivity index (χ0) is 25.6. The molecule has 1 heterocycles. The smallest absolute Gasteiger partial charge is 0.244 e. The Bertz CT molecular complexity index is 1150. The SMILES string of the molecule is CCNC(=O)C(CC)N(Cc1ccc(C)cc1)C(=O)CN(c1ccc2c(c1)OCO2)S(=O)(=O)CC. The second kappa shape index (κ2) is 11.4. The van der Waals surface area contributed by atoms with Crippen LogP contribution in [0.2, 0.25) is 0 Å². The van der Waals surface area contributed by atoms with Crippen molar-refractivity contribution in [3.8, 4) is 11.5 Å². The Kier molecular flexibility index (Phi) is 8.61. The number of hydrogen-bond acceptors (Lipinski definition) is 6. The van der Waals surface area contributed by atoms with Gasteiger partial charge in [0.25, 0.3) is 0 Å². The highest BCUT2D eigenvalue weighted by Gasteiger charge is 2.32. The average Bonchev–Trinajstić information content (AvgIpc) is 3.31. The molecule has 2 aromatic carbocycles. The molecule has 0 aromatic heterocycles. The van der Waals surface area contributed by atoms with Gasteiger partial charge in [-0.3, -0.25) is 13.9 Å². The number of nitrogens with zero attached hydrogens (tertiary/aromatic N) is 2. The van der Waals surface area contributed by atoms with Crippen molar-refractivity contribution in [2.75, 3.05) is 29.9 Å². The number of aryl methyl sites for hydroxylation is 1. The van der Waals surface area contributed by atoms with Crippen LogP contribution in [0.4, 0.5) is 5.69 Å². The minimum Gasteiger partial charge on any atom is -0.454 e. The van der Waals surface area contributed by atoms with Gasteiger partial charge in [0.1, 0.15) is 12.6 Å². The monoisotopic (exact) mass is 503 g/mol. The Hall–Kier alpha value is -3.27. The second-order valence-corrected chi connectivity index (χ2v) is 10.5. The first-order valence-electron chi connectivity index (χ1n) is 11.7. The van der Waals surface area contributed by atoms with Gasteiger partial charge in [-0.25, -0.2) is 8.42 Å². The Balaban J connectivity index is 1.96. The van der Waals surface area contributed by atoms with E-state index in [1.165, 1.54) is 11.8 Å². The Morgan fingerprint density at radius 3 is 2.34 bits per heavy atom. The first-order valence-corrected chi connectivity index (χ1v) is 13.3. The summed E-state index contributed by atoms with van der Waals surface area (Å²) in [6.07, 6.45) is 0.383. The highest BCUT2D eigenvalue weighted by Crippen LogP contribution is 2.36. The number of nitrogens with one attached hydrogen (secondary N) is 1. The van der Waals surface area contributed by atoms with Gasteiger partial charge < -0.3 is 19.7 Å². The summed E-state index contributed by atoms with van der Waals surface area (Å²) in [5.41, 5.74) is 2.22. The first kappa shape index (κ1) is 26.3. The van der Waals surface area contributed by atoms with Gasteiger partial charge in [0, 0.05) is 19.2 Å². The molecule has 1 atom stereocenters. The van der Waals surface area contributed by atoms with E-state index in [2.05, 4.69) is 5.32 Å².